The topological polar surface area (TPSA) is 21.3 Å². The summed E-state index contributed by atoms with van der Waals surface area (Å²) in [6.45, 7) is 4.51. The smallest absolute Gasteiger partial charge is 0.0797 e. The van der Waals surface area contributed by atoms with E-state index in [0.29, 0.717) is 6.10 Å². The third kappa shape index (κ3) is 1.77. The van der Waals surface area contributed by atoms with E-state index in [-0.39, 0.29) is 6.10 Å². The van der Waals surface area contributed by atoms with Crippen molar-refractivity contribution in [1.29, 1.82) is 0 Å². The van der Waals surface area contributed by atoms with Crippen molar-refractivity contribution in [3.63, 3.8) is 0 Å². The van der Waals surface area contributed by atoms with E-state index < -0.39 is 0 Å². The van der Waals surface area contributed by atoms with E-state index in [1.54, 1.807) is 0 Å². The van der Waals surface area contributed by atoms with Crippen molar-refractivity contribution in [1.82, 2.24) is 5.32 Å². The molecule has 3 rings (SSSR count). The molecule has 1 aliphatic heterocycles. The maximum Gasteiger partial charge on any atom is 0.0797 e. The maximum absolute atomic E-state index is 6.11. The second-order valence-electron chi connectivity index (χ2n) is 4.91. The monoisotopic (exact) mass is 205 g/mol. The molecular weight excluding hydrogens is 186 g/mol. The van der Waals surface area contributed by atoms with Crippen LogP contribution >= 0.6 is 0 Å². The molecule has 2 nitrogen and oxygen atoms in total. The lowest BCUT2D eigenvalue weighted by atomic mass is 10.0. The number of hydrogen-bond acceptors (Lipinski definition) is 2. The van der Waals surface area contributed by atoms with Gasteiger partial charge in [0.25, 0.3) is 0 Å². The van der Waals surface area contributed by atoms with E-state index in [2.05, 4.69) is 30.5 Å². The third-order valence-electron chi connectivity index (χ3n) is 3.87. The minimum atomic E-state index is 0.289. The van der Waals surface area contributed by atoms with E-state index in [0.717, 1.165) is 24.9 Å². The molecule has 1 saturated carbocycles. The Labute approximate surface area is 91.4 Å². The summed E-state index contributed by atoms with van der Waals surface area (Å²) in [5.41, 5.74) is 1.37. The number of rotatable bonds is 3. The first-order valence-electron chi connectivity index (χ1n) is 6.09. The molecule has 15 heavy (non-hydrogen) atoms. The quantitative estimate of drug-likeness (QED) is 0.759. The Hall–Kier alpha value is -0.600. The van der Waals surface area contributed by atoms with Gasteiger partial charge in [0.1, 0.15) is 0 Å². The summed E-state index contributed by atoms with van der Waals surface area (Å²) in [7, 11) is 0. The number of fused-ring (bicyclic) bond motifs is 1. The summed E-state index contributed by atoms with van der Waals surface area (Å²) in [5, 5.41) is 3.40. The minimum Gasteiger partial charge on any atom is -0.370 e. The van der Waals surface area contributed by atoms with Crippen LogP contribution in [0.25, 0.3) is 0 Å². The first kappa shape index (κ1) is 9.61. The molecule has 1 heterocycles. The second kappa shape index (κ2) is 3.76. The lowest BCUT2D eigenvalue weighted by Crippen LogP contribution is -2.22. The van der Waals surface area contributed by atoms with Crippen molar-refractivity contribution >= 4 is 0 Å². The Morgan fingerprint density at radius 2 is 2.13 bits per heavy atom. The van der Waals surface area contributed by atoms with Crippen molar-refractivity contribution in [2.24, 2.45) is 11.8 Å². The van der Waals surface area contributed by atoms with Crippen LogP contribution in [0.2, 0.25) is 0 Å². The van der Waals surface area contributed by atoms with Gasteiger partial charge in [-0.2, -0.15) is 0 Å². The first-order chi connectivity index (χ1) is 7.36. The van der Waals surface area contributed by atoms with Crippen LogP contribution in [0.3, 0.4) is 0 Å². The summed E-state index contributed by atoms with van der Waals surface area (Å²) < 4.78 is 6.11. The van der Waals surface area contributed by atoms with Crippen LogP contribution in [0.5, 0.6) is 0 Å². The molecule has 0 radical (unpaired) electrons. The van der Waals surface area contributed by atoms with E-state index in [1.165, 1.54) is 18.4 Å². The van der Waals surface area contributed by atoms with Gasteiger partial charge < -0.3 is 10.1 Å². The van der Waals surface area contributed by atoms with Crippen molar-refractivity contribution in [3.05, 3.63) is 23.8 Å². The predicted molar refractivity (Wildman–Crippen MR) is 60.6 cm³/mol. The number of piperidine rings is 1. The third-order valence-corrected chi connectivity index (χ3v) is 3.87. The molecule has 0 aromatic carbocycles. The van der Waals surface area contributed by atoms with Crippen LogP contribution < -0.4 is 5.32 Å². The molecular formula is C13H19NO. The van der Waals surface area contributed by atoms with Crippen LogP contribution in [-0.2, 0) is 4.74 Å². The molecule has 0 bridgehead atoms. The van der Waals surface area contributed by atoms with Crippen LogP contribution in [0.15, 0.2) is 23.8 Å². The Balaban J connectivity index is 1.55. The van der Waals surface area contributed by atoms with Gasteiger partial charge in [-0.1, -0.05) is 18.2 Å². The second-order valence-corrected chi connectivity index (χ2v) is 4.91. The molecule has 2 fully saturated rings. The average Bonchev–Trinajstić information content (AvgIpc) is 2.75. The fourth-order valence-electron chi connectivity index (χ4n) is 2.81. The minimum absolute atomic E-state index is 0.289. The molecule has 0 aromatic rings. The zero-order chi connectivity index (χ0) is 10.3. The zero-order valence-corrected chi connectivity index (χ0v) is 9.28. The molecule has 2 aliphatic carbocycles. The van der Waals surface area contributed by atoms with Crippen molar-refractivity contribution in [2.45, 2.75) is 32.0 Å². The Morgan fingerprint density at radius 1 is 1.33 bits per heavy atom. The largest absolute Gasteiger partial charge is 0.370 e. The number of allylic oxidation sites excluding steroid dienone is 2. The Kier molecular flexibility index (Phi) is 2.41. The summed E-state index contributed by atoms with van der Waals surface area (Å²) >= 11 is 0. The fourth-order valence-corrected chi connectivity index (χ4v) is 2.81. The summed E-state index contributed by atoms with van der Waals surface area (Å²) in [6, 6.07) is 0. The van der Waals surface area contributed by atoms with Gasteiger partial charge >= 0.3 is 0 Å². The first-order valence-corrected chi connectivity index (χ1v) is 6.09. The molecule has 82 valence electrons. The highest BCUT2D eigenvalue weighted by atomic mass is 16.5. The van der Waals surface area contributed by atoms with Crippen LogP contribution in [0.4, 0.5) is 0 Å². The van der Waals surface area contributed by atoms with Gasteiger partial charge in [-0.15, -0.1) is 0 Å². The average molecular weight is 205 g/mol. The normalized spacial score (nSPS) is 39.8. The lowest BCUT2D eigenvalue weighted by Gasteiger charge is -2.17. The number of ether oxygens (including phenoxy) is 1. The van der Waals surface area contributed by atoms with E-state index in [4.69, 9.17) is 4.74 Å². The highest BCUT2D eigenvalue weighted by Gasteiger charge is 2.54. The fraction of sp³-hybridized carbons (Fsp3) is 0.692. The molecule has 0 aromatic heterocycles. The number of nitrogens with one attached hydrogen (secondary N) is 1. The number of hydrogen-bond donors (Lipinski definition) is 1. The van der Waals surface area contributed by atoms with E-state index in [1.807, 2.05) is 0 Å². The van der Waals surface area contributed by atoms with Crippen LogP contribution in [0.1, 0.15) is 19.8 Å². The Morgan fingerprint density at radius 3 is 2.80 bits per heavy atom. The van der Waals surface area contributed by atoms with Crippen LogP contribution in [0, 0.1) is 11.8 Å². The van der Waals surface area contributed by atoms with Gasteiger partial charge in [0.05, 0.1) is 12.2 Å². The Bertz CT molecular complexity index is 298. The van der Waals surface area contributed by atoms with Gasteiger partial charge in [-0.25, -0.2) is 0 Å². The standard InChI is InChI=1S/C13H19NO/c1-9(10-5-3-2-4-6-10)15-13-11-7-14-8-12(11)13/h3,5-6,9,11-14H,2,4,7-8H2,1H3. The van der Waals surface area contributed by atoms with E-state index >= 15 is 0 Å². The SMILES string of the molecule is CC(OC1C2CNCC21)C1=CCCC=C1. The molecule has 0 amide bonds. The van der Waals surface area contributed by atoms with Crippen LogP contribution in [-0.4, -0.2) is 25.3 Å². The maximum atomic E-state index is 6.11. The van der Waals surface area contributed by atoms with Crippen molar-refractivity contribution < 1.29 is 4.74 Å². The molecule has 0 spiro atoms. The molecule has 1 saturated heterocycles. The van der Waals surface area contributed by atoms with Gasteiger partial charge in [0.2, 0.25) is 0 Å². The lowest BCUT2D eigenvalue weighted by molar-refractivity contribution is 0.0577. The molecule has 3 aliphatic rings. The highest BCUT2D eigenvalue weighted by molar-refractivity contribution is 5.26. The van der Waals surface area contributed by atoms with Crippen molar-refractivity contribution in [2.75, 3.05) is 13.1 Å². The highest BCUT2D eigenvalue weighted by Crippen LogP contribution is 2.45. The summed E-state index contributed by atoms with van der Waals surface area (Å²) in [6.07, 6.45) is 10.00. The van der Waals surface area contributed by atoms with E-state index in [9.17, 15) is 0 Å². The predicted octanol–water partition coefficient (Wildman–Crippen LogP) is 1.89. The molecule has 2 heteroatoms. The molecule has 3 atom stereocenters. The van der Waals surface area contributed by atoms with Gasteiger partial charge in [-0.3, -0.25) is 0 Å². The van der Waals surface area contributed by atoms with Crippen molar-refractivity contribution in [3.8, 4) is 0 Å². The molecule has 3 unspecified atom stereocenters. The van der Waals surface area contributed by atoms with Gasteiger partial charge in [0, 0.05) is 24.9 Å². The summed E-state index contributed by atoms with van der Waals surface area (Å²) in [5.74, 6) is 1.61. The van der Waals surface area contributed by atoms with Gasteiger partial charge in [-0.05, 0) is 25.3 Å². The van der Waals surface area contributed by atoms with Gasteiger partial charge in [0.15, 0.2) is 0 Å². The molecule has 1 N–H and O–H groups in total. The zero-order valence-electron chi connectivity index (χ0n) is 9.28. The summed E-state index contributed by atoms with van der Waals surface area (Å²) in [4.78, 5) is 0.